The van der Waals surface area contributed by atoms with Crippen molar-refractivity contribution in [1.29, 1.82) is 0 Å². The summed E-state index contributed by atoms with van der Waals surface area (Å²) in [4.78, 5) is 18.4. The maximum Gasteiger partial charge on any atom is 0.340 e. The highest BCUT2D eigenvalue weighted by Crippen LogP contribution is 2.17. The second kappa shape index (κ2) is 3.70. The first kappa shape index (κ1) is 9.67. The molecule has 15 heavy (non-hydrogen) atoms. The fourth-order valence-electron chi connectivity index (χ4n) is 1.43. The Bertz CT molecular complexity index is 504. The minimum atomic E-state index is -0.434. The lowest BCUT2D eigenvalue weighted by molar-refractivity contribution is 0.0603. The highest BCUT2D eigenvalue weighted by atomic mass is 16.5. The van der Waals surface area contributed by atoms with E-state index in [0.717, 1.165) is 0 Å². The molecule has 2 aromatic rings. The second-order valence-electron chi connectivity index (χ2n) is 3.03. The summed E-state index contributed by atoms with van der Waals surface area (Å²) in [5, 5.41) is 8.92. The lowest BCUT2D eigenvalue weighted by atomic mass is 10.2. The standard InChI is InChI=1S/C10H10N2O3/c1-15-10(14)6-3-2-4-7-9(6)12-8(5-13)11-7/h2-4,13H,5H2,1H3,(H,11,12). The van der Waals surface area contributed by atoms with Crippen LogP contribution in [0.4, 0.5) is 0 Å². The number of aliphatic hydroxyl groups excluding tert-OH is 1. The number of aromatic nitrogens is 2. The molecule has 0 saturated heterocycles. The summed E-state index contributed by atoms with van der Waals surface area (Å²) in [5.41, 5.74) is 1.63. The number of hydrogen-bond donors (Lipinski definition) is 2. The van der Waals surface area contributed by atoms with E-state index < -0.39 is 5.97 Å². The molecule has 1 heterocycles. The van der Waals surface area contributed by atoms with Crippen LogP contribution in [0.25, 0.3) is 11.0 Å². The fourth-order valence-corrected chi connectivity index (χ4v) is 1.43. The van der Waals surface area contributed by atoms with Crippen LogP contribution in [0.2, 0.25) is 0 Å². The first-order valence-electron chi connectivity index (χ1n) is 4.43. The number of methoxy groups -OCH3 is 1. The predicted molar refractivity (Wildman–Crippen MR) is 53.4 cm³/mol. The number of ether oxygens (including phenoxy) is 1. The molecule has 2 N–H and O–H groups in total. The van der Waals surface area contributed by atoms with Gasteiger partial charge in [0.15, 0.2) is 0 Å². The Morgan fingerprint density at radius 3 is 3.07 bits per heavy atom. The summed E-state index contributed by atoms with van der Waals surface area (Å²) in [7, 11) is 1.32. The molecule has 0 spiro atoms. The van der Waals surface area contributed by atoms with Gasteiger partial charge in [0, 0.05) is 0 Å². The smallest absolute Gasteiger partial charge is 0.340 e. The molecule has 0 bridgehead atoms. The second-order valence-corrected chi connectivity index (χ2v) is 3.03. The van der Waals surface area contributed by atoms with Gasteiger partial charge in [-0.15, -0.1) is 0 Å². The van der Waals surface area contributed by atoms with Crippen LogP contribution < -0.4 is 0 Å². The summed E-state index contributed by atoms with van der Waals surface area (Å²) < 4.78 is 4.63. The first-order valence-corrected chi connectivity index (χ1v) is 4.43. The number of carbonyl (C=O) groups is 1. The van der Waals surface area contributed by atoms with Crippen molar-refractivity contribution < 1.29 is 14.6 Å². The first-order chi connectivity index (χ1) is 7.26. The van der Waals surface area contributed by atoms with E-state index >= 15 is 0 Å². The SMILES string of the molecule is COC(=O)c1cccc2[nH]c(CO)nc12. The highest BCUT2D eigenvalue weighted by Gasteiger charge is 2.13. The van der Waals surface area contributed by atoms with E-state index in [1.165, 1.54) is 7.11 Å². The van der Waals surface area contributed by atoms with Crippen LogP contribution in [0.3, 0.4) is 0 Å². The number of nitrogens with zero attached hydrogens (tertiary/aromatic N) is 1. The van der Waals surface area contributed by atoms with Gasteiger partial charge in [0.2, 0.25) is 0 Å². The van der Waals surface area contributed by atoms with Crippen LogP contribution in [-0.2, 0) is 11.3 Å². The van der Waals surface area contributed by atoms with Crippen LogP contribution >= 0.6 is 0 Å². The molecule has 0 atom stereocenters. The summed E-state index contributed by atoms with van der Waals surface area (Å²) in [6.07, 6.45) is 0. The summed E-state index contributed by atoms with van der Waals surface area (Å²) in [6.45, 7) is -0.185. The zero-order chi connectivity index (χ0) is 10.8. The largest absolute Gasteiger partial charge is 0.465 e. The molecule has 5 nitrogen and oxygen atoms in total. The van der Waals surface area contributed by atoms with Crippen molar-refractivity contribution in [3.05, 3.63) is 29.6 Å². The third-order valence-corrected chi connectivity index (χ3v) is 2.12. The van der Waals surface area contributed by atoms with Gasteiger partial charge in [-0.05, 0) is 12.1 Å². The van der Waals surface area contributed by atoms with Gasteiger partial charge in [-0.25, -0.2) is 9.78 Å². The van der Waals surface area contributed by atoms with Gasteiger partial charge < -0.3 is 14.8 Å². The lowest BCUT2D eigenvalue weighted by Crippen LogP contribution is -2.01. The average molecular weight is 206 g/mol. The molecular weight excluding hydrogens is 196 g/mol. The van der Waals surface area contributed by atoms with Gasteiger partial charge >= 0.3 is 5.97 Å². The zero-order valence-electron chi connectivity index (χ0n) is 8.15. The molecule has 0 saturated carbocycles. The Labute approximate surface area is 85.7 Å². The van der Waals surface area contributed by atoms with E-state index in [-0.39, 0.29) is 6.61 Å². The van der Waals surface area contributed by atoms with Crippen LogP contribution in [0.5, 0.6) is 0 Å². The normalized spacial score (nSPS) is 10.5. The molecule has 5 heteroatoms. The van der Waals surface area contributed by atoms with Crippen LogP contribution in [0, 0.1) is 0 Å². The van der Waals surface area contributed by atoms with Gasteiger partial charge in [0.25, 0.3) is 0 Å². The number of aliphatic hydroxyl groups is 1. The van der Waals surface area contributed by atoms with E-state index in [1.54, 1.807) is 18.2 Å². The third kappa shape index (κ3) is 1.57. The Kier molecular flexibility index (Phi) is 2.39. The quantitative estimate of drug-likeness (QED) is 0.714. The Balaban J connectivity index is 2.64. The van der Waals surface area contributed by atoms with Gasteiger partial charge in [0.1, 0.15) is 17.9 Å². The van der Waals surface area contributed by atoms with E-state index in [4.69, 9.17) is 5.11 Å². The number of imidazole rings is 1. The molecular formula is C10H10N2O3. The Morgan fingerprint density at radius 2 is 2.40 bits per heavy atom. The van der Waals surface area contributed by atoms with Crippen molar-refractivity contribution in [2.75, 3.05) is 7.11 Å². The predicted octanol–water partition coefficient (Wildman–Crippen LogP) is 0.842. The number of rotatable bonds is 2. The summed E-state index contributed by atoms with van der Waals surface area (Å²) in [5.74, 6) is -0.00190. The Hall–Kier alpha value is -1.88. The van der Waals surface area contributed by atoms with Crippen molar-refractivity contribution in [2.24, 2.45) is 0 Å². The molecule has 2 rings (SSSR count). The van der Waals surface area contributed by atoms with Crippen LogP contribution in [0.15, 0.2) is 18.2 Å². The molecule has 0 amide bonds. The lowest BCUT2D eigenvalue weighted by Gasteiger charge is -1.98. The van der Waals surface area contributed by atoms with Crippen molar-refractivity contribution in [2.45, 2.75) is 6.61 Å². The molecule has 0 radical (unpaired) electrons. The maximum absolute atomic E-state index is 11.4. The van der Waals surface area contributed by atoms with Gasteiger partial charge in [0.05, 0.1) is 18.2 Å². The maximum atomic E-state index is 11.4. The minimum Gasteiger partial charge on any atom is -0.465 e. The average Bonchev–Trinajstić information content (AvgIpc) is 2.70. The highest BCUT2D eigenvalue weighted by molar-refractivity contribution is 6.01. The molecule has 0 aliphatic carbocycles. The third-order valence-electron chi connectivity index (χ3n) is 2.12. The van der Waals surface area contributed by atoms with Gasteiger partial charge in [-0.2, -0.15) is 0 Å². The molecule has 1 aromatic heterocycles. The molecule has 1 aromatic carbocycles. The van der Waals surface area contributed by atoms with Gasteiger partial charge in [-0.1, -0.05) is 6.07 Å². The van der Waals surface area contributed by atoms with Crippen molar-refractivity contribution in [3.8, 4) is 0 Å². The number of nitrogens with one attached hydrogen (secondary N) is 1. The van der Waals surface area contributed by atoms with E-state index in [1.807, 2.05) is 0 Å². The number of aromatic amines is 1. The van der Waals surface area contributed by atoms with Crippen LogP contribution in [0.1, 0.15) is 16.2 Å². The Morgan fingerprint density at radius 1 is 1.60 bits per heavy atom. The van der Waals surface area contributed by atoms with Crippen molar-refractivity contribution in [3.63, 3.8) is 0 Å². The molecule has 0 aliphatic rings. The monoisotopic (exact) mass is 206 g/mol. The number of carbonyl (C=O) groups excluding carboxylic acids is 1. The van der Waals surface area contributed by atoms with Crippen molar-refractivity contribution in [1.82, 2.24) is 9.97 Å². The number of hydrogen-bond acceptors (Lipinski definition) is 4. The molecule has 78 valence electrons. The number of fused-ring (bicyclic) bond motifs is 1. The summed E-state index contributed by atoms with van der Waals surface area (Å²) >= 11 is 0. The van der Waals surface area contributed by atoms with Crippen LogP contribution in [-0.4, -0.2) is 28.2 Å². The zero-order valence-corrected chi connectivity index (χ0v) is 8.15. The van der Waals surface area contributed by atoms with E-state index in [2.05, 4.69) is 14.7 Å². The number of benzene rings is 1. The molecule has 0 aliphatic heterocycles. The fraction of sp³-hybridized carbons (Fsp3) is 0.200. The molecule has 0 unspecified atom stereocenters. The van der Waals surface area contributed by atoms with Gasteiger partial charge in [-0.3, -0.25) is 0 Å². The van der Waals surface area contributed by atoms with Crippen molar-refractivity contribution >= 4 is 17.0 Å². The number of esters is 1. The summed E-state index contributed by atoms with van der Waals surface area (Å²) in [6, 6.07) is 5.15. The topological polar surface area (TPSA) is 75.2 Å². The number of H-pyrrole nitrogens is 1. The van der Waals surface area contributed by atoms with E-state index in [9.17, 15) is 4.79 Å². The molecule has 0 fully saturated rings. The van der Waals surface area contributed by atoms with E-state index in [0.29, 0.717) is 22.4 Å². The minimum absolute atomic E-state index is 0.185. The number of para-hydroxylation sites is 1.